The molecule has 21 rings (SSSR count). The molecule has 0 unspecified atom stereocenters. The van der Waals surface area contributed by atoms with E-state index in [1.54, 1.807) is 0 Å². The molecule has 0 aromatic rings. The summed E-state index contributed by atoms with van der Waals surface area (Å²) in [6, 6.07) is 0. The molecule has 21 saturated heterocycles. The molecule has 21 N–H and O–H groups in total. The molecule has 21 heterocycles. The largest absolute Gasteiger partial charge is 0.444 e. The third-order valence-electron chi connectivity index (χ3n) is 15.4. The van der Waals surface area contributed by atoms with E-state index in [1.165, 1.54) is 20.8 Å². The molecular weight excluding hydrogens is 1150 g/mol. The molecule has 0 spiro atoms. The highest BCUT2D eigenvalue weighted by Crippen LogP contribution is 2.39. The van der Waals surface area contributed by atoms with Crippen LogP contribution in [-0.2, 0) is 71.1 Å². The Morgan fingerprint density at radius 2 is 0.464 bits per heavy atom. The molecule has 0 aromatic carbocycles. The fraction of sp³-hybridized carbons (Fsp3) is 0.979. The topological polar surface area (TPSA) is 572 Å². The second kappa shape index (κ2) is 28.4. The SMILES string of the molecule is CC(C)(C)OC(=O)NC[C@H]1O[C@@H]2O[C@H]3[C@H](O)[C@H](O)[C@@H](O[C@H]4[C@H](O)[C@H](O)[C@@H](O[C@H]5[C@H](O)[C@@H](O)[C@@H](O[C@H]6[C@H](O)[C@@H](O)[C@@H](O[C@H]7[C@H](O)[C@@H](O)[C@@H](O[C@H]8[C@H](O)[C@@H](O)[C@@H](O[C@H]1[C@H](O)[C@H]2O)O[C@@H]8CO)O[C@@H]7CO)O[C@@H]6CO)O[C@@H]5CO)O[C@@H]4CO)O[C@@H]3CO. The first-order valence-corrected chi connectivity index (χ1v) is 27.0. The van der Waals surface area contributed by atoms with Gasteiger partial charge in [-0.25, -0.2) is 4.79 Å². The maximum Gasteiger partial charge on any atom is 0.407 e. The molecule has 0 aromatic heterocycles. The molecule has 0 saturated carbocycles. The van der Waals surface area contributed by atoms with Crippen molar-refractivity contribution in [1.82, 2.24) is 5.32 Å². The van der Waals surface area contributed by atoms with Crippen LogP contribution in [-0.4, -0.2) is 375 Å². The van der Waals surface area contributed by atoms with E-state index in [0.717, 1.165) is 0 Å². The van der Waals surface area contributed by atoms with Crippen molar-refractivity contribution in [2.75, 3.05) is 46.2 Å². The molecular formula is C47H79NO36. The number of carbonyl (C=O) groups excluding carboxylic acids is 1. The Morgan fingerprint density at radius 1 is 0.298 bits per heavy atom. The molecule has 0 radical (unpaired) electrons. The van der Waals surface area contributed by atoms with E-state index in [-0.39, 0.29) is 0 Å². The Bertz CT molecular complexity index is 2050. The van der Waals surface area contributed by atoms with Gasteiger partial charge >= 0.3 is 6.09 Å². The Hall–Kier alpha value is -2.09. The molecule has 21 aliphatic rings. The van der Waals surface area contributed by atoms with Gasteiger partial charge in [0, 0.05) is 6.54 Å². The van der Waals surface area contributed by atoms with Crippen LogP contribution in [0.2, 0.25) is 0 Å². The zero-order chi connectivity index (χ0) is 61.5. The highest BCUT2D eigenvalue weighted by atomic mass is 16.8. The lowest BCUT2D eigenvalue weighted by molar-refractivity contribution is -0.396. The van der Waals surface area contributed by atoms with Crippen molar-refractivity contribution in [3.05, 3.63) is 0 Å². The fourth-order valence-corrected chi connectivity index (χ4v) is 10.9. The molecule has 84 heavy (non-hydrogen) atoms. The average molecular weight is 1230 g/mol. The van der Waals surface area contributed by atoms with Crippen LogP contribution in [0.3, 0.4) is 0 Å². The number of ether oxygens (including phenoxy) is 15. The van der Waals surface area contributed by atoms with Gasteiger partial charge in [-0.1, -0.05) is 0 Å². The average Bonchev–Trinajstić information content (AvgIpc) is 1.85. The molecule has 0 aliphatic carbocycles. The Morgan fingerprint density at radius 3 is 0.631 bits per heavy atom. The van der Waals surface area contributed by atoms with Gasteiger partial charge in [0.05, 0.1) is 39.6 Å². The van der Waals surface area contributed by atoms with E-state index in [4.69, 9.17) is 71.1 Å². The van der Waals surface area contributed by atoms with Crippen LogP contribution in [0, 0.1) is 0 Å². The van der Waals surface area contributed by atoms with Crippen molar-refractivity contribution < 1.29 is 178 Å². The first-order chi connectivity index (χ1) is 39.7. The predicted molar refractivity (Wildman–Crippen MR) is 256 cm³/mol. The van der Waals surface area contributed by atoms with E-state index >= 15 is 0 Å². The monoisotopic (exact) mass is 1230 g/mol. The summed E-state index contributed by atoms with van der Waals surface area (Å²) in [7, 11) is 0. The van der Waals surface area contributed by atoms with Crippen molar-refractivity contribution in [2.45, 2.75) is 241 Å². The summed E-state index contributed by atoms with van der Waals surface area (Å²) in [4.78, 5) is 12.9. The number of rotatable bonds is 8. The van der Waals surface area contributed by atoms with E-state index in [1.807, 2.05) is 0 Å². The second-order valence-corrected chi connectivity index (χ2v) is 22.4. The summed E-state index contributed by atoms with van der Waals surface area (Å²) >= 11 is 0. The van der Waals surface area contributed by atoms with Gasteiger partial charge in [-0.2, -0.15) is 0 Å². The van der Waals surface area contributed by atoms with Gasteiger partial charge < -0.3 is 179 Å². The molecule has 37 heteroatoms. The number of aliphatic hydroxyl groups is 20. The zero-order valence-corrected chi connectivity index (χ0v) is 45.1. The third-order valence-corrected chi connectivity index (χ3v) is 15.4. The lowest BCUT2D eigenvalue weighted by Gasteiger charge is -2.50. The van der Waals surface area contributed by atoms with E-state index in [2.05, 4.69) is 5.32 Å². The van der Waals surface area contributed by atoms with E-state index < -0.39 is 273 Å². The van der Waals surface area contributed by atoms with Crippen LogP contribution < -0.4 is 5.32 Å². The quantitative estimate of drug-likeness (QED) is 0.107. The summed E-state index contributed by atoms with van der Waals surface area (Å²) in [6.45, 7) is -2.48. The van der Waals surface area contributed by atoms with Crippen molar-refractivity contribution in [3.63, 3.8) is 0 Å². The predicted octanol–water partition coefficient (Wildman–Crippen LogP) is -13.7. The molecule has 14 bridgehead atoms. The van der Waals surface area contributed by atoms with Gasteiger partial charge in [0.2, 0.25) is 0 Å². The van der Waals surface area contributed by atoms with Crippen molar-refractivity contribution >= 4 is 6.09 Å². The van der Waals surface area contributed by atoms with Gasteiger partial charge in [-0.05, 0) is 20.8 Å². The van der Waals surface area contributed by atoms with Gasteiger partial charge in [0.25, 0.3) is 0 Å². The smallest absolute Gasteiger partial charge is 0.407 e. The third kappa shape index (κ3) is 14.1. The zero-order valence-electron chi connectivity index (χ0n) is 45.1. The first-order valence-electron chi connectivity index (χ1n) is 27.0. The molecule has 21 aliphatic heterocycles. The van der Waals surface area contributed by atoms with Crippen molar-refractivity contribution in [2.24, 2.45) is 0 Å². The maximum absolute atomic E-state index is 12.9. The van der Waals surface area contributed by atoms with Gasteiger partial charge in [0.1, 0.15) is 177 Å². The van der Waals surface area contributed by atoms with Crippen LogP contribution in [0.4, 0.5) is 4.79 Å². The number of hydrogen-bond donors (Lipinski definition) is 21. The van der Waals surface area contributed by atoms with Gasteiger partial charge in [-0.15, -0.1) is 0 Å². The van der Waals surface area contributed by atoms with Crippen LogP contribution in [0.5, 0.6) is 0 Å². The fourth-order valence-electron chi connectivity index (χ4n) is 10.9. The summed E-state index contributed by atoms with van der Waals surface area (Å²) < 4.78 is 85.9. The Labute approximate surface area is 476 Å². The summed E-state index contributed by atoms with van der Waals surface area (Å²) in [5.74, 6) is 0. The standard InChI is InChI=1S/C47H79NO36/c1-47(2,3)84-46(69)48-4-11-32-18(55)25(62)39(70-11)78-33-12(5-49)72-41(27(64)20(33)57)80-35-14(7-51)74-43(29(66)22(35)59)82-37-16(9-53)76-45(31(68)24(37)61)83-38-17(10-54)75-44(30(67)23(38)60)81-36-15(8-52)73-42(28(65)21(36)58)79-34-13(6-50)71-40(77-32)26(63)19(34)56/h11-45,49-68H,4-10H2,1-3H3,(H,48,69)/t11-,12-,13-,14-,15-,16-,17-,18-,19-,20-,21-,22-,23-,24-,25-,26-,27+,28-,29+,30-,31-,32-,33-,34-,35-,36-,37-,38-,39-,40-,41-,42-,43-,44-,45-/m1/s1. The number of amides is 1. The minimum absolute atomic E-state index is 0.691. The Balaban J connectivity index is 1.10. The van der Waals surface area contributed by atoms with Gasteiger partial charge in [0.15, 0.2) is 44.0 Å². The maximum atomic E-state index is 12.9. The van der Waals surface area contributed by atoms with Crippen LogP contribution >= 0.6 is 0 Å². The second-order valence-electron chi connectivity index (χ2n) is 22.4. The first kappa shape index (κ1) is 67.8. The minimum atomic E-state index is -2.26. The highest BCUT2D eigenvalue weighted by molar-refractivity contribution is 5.67. The number of aliphatic hydroxyl groups excluding tert-OH is 20. The van der Waals surface area contributed by atoms with E-state index in [0.29, 0.717) is 0 Å². The molecule has 21 fully saturated rings. The molecule has 37 nitrogen and oxygen atoms in total. The summed E-state index contributed by atoms with van der Waals surface area (Å²) in [5.41, 5.74) is -1.06. The molecule has 488 valence electrons. The summed E-state index contributed by atoms with van der Waals surface area (Å²) in [6.07, 6.45) is -72.3. The van der Waals surface area contributed by atoms with Crippen LogP contribution in [0.25, 0.3) is 0 Å². The normalized spacial score (nSPS) is 51.8. The minimum Gasteiger partial charge on any atom is -0.444 e. The lowest BCUT2D eigenvalue weighted by atomic mass is 9.95. The molecule has 35 atom stereocenters. The van der Waals surface area contributed by atoms with Crippen LogP contribution in [0.1, 0.15) is 20.8 Å². The highest BCUT2D eigenvalue weighted by Gasteiger charge is 2.59. The van der Waals surface area contributed by atoms with Crippen molar-refractivity contribution in [1.29, 1.82) is 0 Å². The van der Waals surface area contributed by atoms with E-state index in [9.17, 15) is 107 Å². The van der Waals surface area contributed by atoms with Crippen LogP contribution in [0.15, 0.2) is 0 Å². The number of carbonyl (C=O) groups is 1. The van der Waals surface area contributed by atoms with Gasteiger partial charge in [-0.3, -0.25) is 0 Å². The molecule has 1 amide bonds. The Kier molecular flexibility index (Phi) is 22.9. The number of hydrogen-bond acceptors (Lipinski definition) is 36. The lowest BCUT2D eigenvalue weighted by Crippen LogP contribution is -2.68. The number of alkyl carbamates (subject to hydrolysis) is 1. The van der Waals surface area contributed by atoms with Crippen molar-refractivity contribution in [3.8, 4) is 0 Å². The number of nitrogens with one attached hydrogen (secondary N) is 1. The summed E-state index contributed by atoms with van der Waals surface area (Å²) in [5, 5.41) is 225.